The molecule has 8 heteroatoms. The minimum absolute atomic E-state index is 0.00957. The maximum atomic E-state index is 11.6. The third-order valence-corrected chi connectivity index (χ3v) is 3.96. The fourth-order valence-corrected chi connectivity index (χ4v) is 2.37. The molecule has 1 heterocycles. The fraction of sp³-hybridized carbons (Fsp3) is 0.357. The van der Waals surface area contributed by atoms with Crippen LogP contribution in [0.3, 0.4) is 0 Å². The highest BCUT2D eigenvalue weighted by atomic mass is 35.5. The minimum Gasteiger partial charge on any atom is -0.484 e. The van der Waals surface area contributed by atoms with E-state index in [2.05, 4.69) is 15.5 Å². The molecule has 1 aliphatic rings. The van der Waals surface area contributed by atoms with Crippen LogP contribution in [0.1, 0.15) is 18.7 Å². The Bertz CT molecular complexity index is 643. The molecule has 0 bridgehead atoms. The van der Waals surface area contributed by atoms with Gasteiger partial charge < -0.3 is 14.5 Å². The van der Waals surface area contributed by atoms with Crippen molar-refractivity contribution in [1.82, 2.24) is 15.5 Å². The summed E-state index contributed by atoms with van der Waals surface area (Å²) in [5.41, 5.74) is 0. The fourth-order valence-electron chi connectivity index (χ4n) is 1.66. The number of ether oxygens (including phenoxy) is 1. The number of benzene rings is 1. The lowest BCUT2D eigenvalue weighted by Crippen LogP contribution is -2.26. The highest BCUT2D eigenvalue weighted by molar-refractivity contribution is 7.99. The van der Waals surface area contributed by atoms with E-state index >= 15 is 0 Å². The van der Waals surface area contributed by atoms with Gasteiger partial charge in [-0.2, -0.15) is 0 Å². The summed E-state index contributed by atoms with van der Waals surface area (Å²) in [4.78, 5) is 11.6. The predicted octanol–water partition coefficient (Wildman–Crippen LogP) is 2.67. The largest absolute Gasteiger partial charge is 0.484 e. The maximum absolute atomic E-state index is 11.6. The van der Waals surface area contributed by atoms with Gasteiger partial charge in [-0.3, -0.25) is 4.79 Å². The maximum Gasteiger partial charge on any atom is 0.277 e. The van der Waals surface area contributed by atoms with Crippen LogP contribution in [0.2, 0.25) is 5.02 Å². The van der Waals surface area contributed by atoms with Crippen LogP contribution >= 0.6 is 23.4 Å². The molecule has 1 saturated carbocycles. The van der Waals surface area contributed by atoms with Crippen molar-refractivity contribution in [3.05, 3.63) is 35.2 Å². The second-order valence-electron chi connectivity index (χ2n) is 4.83. The molecule has 1 amide bonds. The van der Waals surface area contributed by atoms with Gasteiger partial charge in [0, 0.05) is 11.1 Å². The summed E-state index contributed by atoms with van der Waals surface area (Å²) in [6.07, 6.45) is 2.15. The number of nitrogens with zero attached hydrogens (tertiary/aromatic N) is 2. The zero-order valence-corrected chi connectivity index (χ0v) is 13.2. The highest BCUT2D eigenvalue weighted by Crippen LogP contribution is 2.21. The molecule has 1 aliphatic carbocycles. The van der Waals surface area contributed by atoms with Crippen LogP contribution in [-0.4, -0.2) is 27.9 Å². The number of hydrogen-bond acceptors (Lipinski definition) is 6. The van der Waals surface area contributed by atoms with Gasteiger partial charge in [-0.15, -0.1) is 10.2 Å². The Morgan fingerprint density at radius 3 is 2.86 bits per heavy atom. The molecule has 1 aromatic carbocycles. The van der Waals surface area contributed by atoms with Crippen LogP contribution in [0, 0.1) is 0 Å². The van der Waals surface area contributed by atoms with Crippen molar-refractivity contribution in [2.45, 2.75) is 30.7 Å². The zero-order valence-electron chi connectivity index (χ0n) is 11.6. The zero-order chi connectivity index (χ0) is 15.4. The summed E-state index contributed by atoms with van der Waals surface area (Å²) in [5.74, 6) is 1.29. The van der Waals surface area contributed by atoms with E-state index in [0.29, 0.717) is 27.9 Å². The van der Waals surface area contributed by atoms with E-state index in [1.165, 1.54) is 11.8 Å². The Balaban J connectivity index is 1.44. The van der Waals surface area contributed by atoms with Crippen molar-refractivity contribution in [2.75, 3.05) is 5.75 Å². The molecule has 0 radical (unpaired) electrons. The molecule has 116 valence electrons. The van der Waals surface area contributed by atoms with E-state index < -0.39 is 0 Å². The first kappa shape index (κ1) is 15.2. The molecule has 0 unspecified atom stereocenters. The average Bonchev–Trinajstić information content (AvgIpc) is 3.20. The topological polar surface area (TPSA) is 77.2 Å². The van der Waals surface area contributed by atoms with E-state index in [-0.39, 0.29) is 18.3 Å². The molecule has 22 heavy (non-hydrogen) atoms. The molecule has 6 nitrogen and oxygen atoms in total. The monoisotopic (exact) mass is 339 g/mol. The van der Waals surface area contributed by atoms with Gasteiger partial charge in [-0.1, -0.05) is 23.4 Å². The third-order valence-electron chi connectivity index (χ3n) is 2.89. The third kappa shape index (κ3) is 4.64. The summed E-state index contributed by atoms with van der Waals surface area (Å²) in [6, 6.07) is 7.36. The van der Waals surface area contributed by atoms with Crippen molar-refractivity contribution in [1.29, 1.82) is 0 Å². The van der Waals surface area contributed by atoms with Gasteiger partial charge in [0.05, 0.1) is 5.75 Å². The lowest BCUT2D eigenvalue weighted by molar-refractivity contribution is -0.118. The van der Waals surface area contributed by atoms with Crippen LogP contribution < -0.4 is 10.1 Å². The first-order valence-corrected chi connectivity index (χ1v) is 8.18. The first-order chi connectivity index (χ1) is 10.7. The van der Waals surface area contributed by atoms with E-state index in [1.807, 2.05) is 0 Å². The van der Waals surface area contributed by atoms with Gasteiger partial charge in [0.2, 0.25) is 5.91 Å². The number of nitrogens with one attached hydrogen (secondary N) is 1. The second-order valence-corrected chi connectivity index (χ2v) is 6.20. The molecule has 0 saturated heterocycles. The summed E-state index contributed by atoms with van der Waals surface area (Å²) < 4.78 is 10.9. The summed E-state index contributed by atoms with van der Waals surface area (Å²) >= 11 is 7.01. The SMILES string of the molecule is O=C(CSc1nnc(COc2ccc(Cl)cc2)o1)NC1CC1. The standard InChI is InChI=1S/C14H14ClN3O3S/c15-9-1-5-11(6-2-9)20-7-13-17-18-14(21-13)22-8-12(19)16-10-3-4-10/h1-2,5-6,10H,3-4,7-8H2,(H,16,19). The van der Waals surface area contributed by atoms with Crippen molar-refractivity contribution < 1.29 is 13.9 Å². The Morgan fingerprint density at radius 1 is 1.36 bits per heavy atom. The van der Waals surface area contributed by atoms with E-state index in [0.717, 1.165) is 12.8 Å². The minimum atomic E-state index is -0.00957. The van der Waals surface area contributed by atoms with Gasteiger partial charge in [0.15, 0.2) is 6.61 Å². The van der Waals surface area contributed by atoms with Crippen LogP contribution in [0.25, 0.3) is 0 Å². The molecule has 2 aromatic rings. The number of rotatable bonds is 7. The summed E-state index contributed by atoms with van der Waals surface area (Å²) in [5, 5.41) is 11.7. The van der Waals surface area contributed by atoms with Gasteiger partial charge in [-0.25, -0.2) is 0 Å². The second kappa shape index (κ2) is 7.02. The number of halogens is 1. The van der Waals surface area contributed by atoms with E-state index in [1.54, 1.807) is 24.3 Å². The molecule has 1 fully saturated rings. The van der Waals surface area contributed by atoms with Crippen LogP contribution in [-0.2, 0) is 11.4 Å². The number of hydrogen-bond donors (Lipinski definition) is 1. The molecular formula is C14H14ClN3O3S. The molecule has 1 N–H and O–H groups in total. The smallest absolute Gasteiger partial charge is 0.277 e. The highest BCUT2D eigenvalue weighted by Gasteiger charge is 2.23. The molecule has 3 rings (SSSR count). The number of aromatic nitrogens is 2. The van der Waals surface area contributed by atoms with Crippen molar-refractivity contribution >= 4 is 29.3 Å². The first-order valence-electron chi connectivity index (χ1n) is 6.82. The lowest BCUT2D eigenvalue weighted by Gasteiger charge is -2.02. The lowest BCUT2D eigenvalue weighted by atomic mass is 10.3. The molecule has 0 aliphatic heterocycles. The molecule has 0 atom stereocenters. The number of carbonyl (C=O) groups is 1. The van der Waals surface area contributed by atoms with Gasteiger partial charge in [0.1, 0.15) is 5.75 Å². The van der Waals surface area contributed by atoms with Gasteiger partial charge >= 0.3 is 0 Å². The van der Waals surface area contributed by atoms with Crippen molar-refractivity contribution in [2.24, 2.45) is 0 Å². The Labute approximate surface area is 136 Å². The molecular weight excluding hydrogens is 326 g/mol. The number of carbonyl (C=O) groups excluding carboxylic acids is 1. The van der Waals surface area contributed by atoms with E-state index in [4.69, 9.17) is 20.8 Å². The average molecular weight is 340 g/mol. The van der Waals surface area contributed by atoms with Crippen LogP contribution in [0.5, 0.6) is 5.75 Å². The Hall–Kier alpha value is -1.73. The Kier molecular flexibility index (Phi) is 4.84. The van der Waals surface area contributed by atoms with Gasteiger partial charge in [0.25, 0.3) is 11.1 Å². The van der Waals surface area contributed by atoms with E-state index in [9.17, 15) is 4.79 Å². The number of amides is 1. The molecule has 0 spiro atoms. The Morgan fingerprint density at radius 2 is 2.14 bits per heavy atom. The molecule has 1 aromatic heterocycles. The van der Waals surface area contributed by atoms with Crippen LogP contribution in [0.15, 0.2) is 33.9 Å². The summed E-state index contributed by atoms with van der Waals surface area (Å²) in [7, 11) is 0. The summed E-state index contributed by atoms with van der Waals surface area (Å²) in [6.45, 7) is 0.170. The van der Waals surface area contributed by atoms with Crippen molar-refractivity contribution in [3.63, 3.8) is 0 Å². The van der Waals surface area contributed by atoms with Gasteiger partial charge in [-0.05, 0) is 37.1 Å². The normalized spacial score (nSPS) is 13.9. The predicted molar refractivity (Wildman–Crippen MR) is 82.0 cm³/mol. The number of thioether (sulfide) groups is 1. The van der Waals surface area contributed by atoms with Crippen LogP contribution in [0.4, 0.5) is 0 Å². The van der Waals surface area contributed by atoms with Crippen molar-refractivity contribution in [3.8, 4) is 5.75 Å². The quantitative estimate of drug-likeness (QED) is 0.781.